The van der Waals surface area contributed by atoms with Gasteiger partial charge in [-0.1, -0.05) is 25.4 Å². The molecule has 2 amide bonds. The fraction of sp³-hybridized carbons (Fsp3) is 0.520. The van der Waals surface area contributed by atoms with Crippen molar-refractivity contribution in [2.45, 2.75) is 59.1 Å². The average Bonchev–Trinajstić information content (AvgIpc) is 2.93. The maximum Gasteiger partial charge on any atom is 0.410 e. The molecule has 0 saturated carbocycles. The molecule has 4 rings (SSSR count). The lowest BCUT2D eigenvalue weighted by molar-refractivity contribution is 0.000869. The molecule has 0 unspecified atom stereocenters. The summed E-state index contributed by atoms with van der Waals surface area (Å²) in [6.45, 7) is 12.0. The number of anilines is 2. The highest BCUT2D eigenvalue weighted by Crippen LogP contribution is 2.39. The summed E-state index contributed by atoms with van der Waals surface area (Å²) < 4.78 is 26.4. The summed E-state index contributed by atoms with van der Waals surface area (Å²) in [5.74, 6) is -1.43. The number of hydrogen-bond donors (Lipinski definition) is 1. The van der Waals surface area contributed by atoms with Crippen molar-refractivity contribution in [3.63, 3.8) is 0 Å². The second-order valence-corrected chi connectivity index (χ2v) is 10.7. The van der Waals surface area contributed by atoms with Crippen LogP contribution in [0.25, 0.3) is 0 Å². The first-order valence-corrected chi connectivity index (χ1v) is 12.3. The van der Waals surface area contributed by atoms with E-state index in [9.17, 15) is 9.59 Å². The molecule has 0 aromatic carbocycles. The van der Waals surface area contributed by atoms with Crippen LogP contribution in [-0.2, 0) is 4.74 Å². The average molecular weight is 520 g/mol. The molecule has 11 heteroatoms. The Labute approximate surface area is 214 Å². The van der Waals surface area contributed by atoms with E-state index in [-0.39, 0.29) is 49.3 Å². The number of nitrogens with one attached hydrogen (secondary N) is 1. The van der Waals surface area contributed by atoms with Gasteiger partial charge < -0.3 is 24.6 Å². The van der Waals surface area contributed by atoms with Gasteiger partial charge in [-0.15, -0.1) is 0 Å². The molecule has 0 bridgehead atoms. The van der Waals surface area contributed by atoms with E-state index in [1.54, 1.807) is 31.9 Å². The van der Waals surface area contributed by atoms with Gasteiger partial charge in [-0.05, 0) is 45.2 Å². The molecule has 1 saturated heterocycles. The van der Waals surface area contributed by atoms with Crippen molar-refractivity contribution in [1.29, 1.82) is 0 Å². The van der Waals surface area contributed by atoms with Crippen molar-refractivity contribution >= 4 is 35.1 Å². The Morgan fingerprint density at radius 1 is 1.33 bits per heavy atom. The second-order valence-electron chi connectivity index (χ2n) is 10.3. The summed E-state index contributed by atoms with van der Waals surface area (Å²) >= 11 is 6.12. The van der Waals surface area contributed by atoms with Crippen LogP contribution in [0.2, 0.25) is 5.15 Å². The van der Waals surface area contributed by atoms with Crippen LogP contribution in [0, 0.1) is 12.7 Å². The molecule has 2 aliphatic heterocycles. The molecule has 1 N–H and O–H groups in total. The molecule has 0 aliphatic carbocycles. The van der Waals surface area contributed by atoms with Crippen molar-refractivity contribution in [3.05, 3.63) is 40.1 Å². The van der Waals surface area contributed by atoms with Crippen LogP contribution in [0.1, 0.15) is 62.2 Å². The minimum absolute atomic E-state index is 0.0160. The number of carbonyl (C=O) groups is 2. The minimum atomic E-state index is -0.901. The quantitative estimate of drug-likeness (QED) is 0.576. The third-order valence-corrected chi connectivity index (χ3v) is 6.31. The van der Waals surface area contributed by atoms with Gasteiger partial charge in [0.05, 0.1) is 17.4 Å². The Hall–Kier alpha value is -3.14. The van der Waals surface area contributed by atoms with Crippen LogP contribution in [0.5, 0.6) is 5.75 Å². The number of ether oxygens (including phenoxy) is 2. The van der Waals surface area contributed by atoms with E-state index in [0.29, 0.717) is 5.69 Å². The molecule has 0 spiro atoms. The van der Waals surface area contributed by atoms with Gasteiger partial charge in [-0.2, -0.15) is 4.39 Å². The van der Waals surface area contributed by atoms with Crippen molar-refractivity contribution in [2.75, 3.05) is 31.6 Å². The molecule has 1 fully saturated rings. The highest BCUT2D eigenvalue weighted by Gasteiger charge is 2.41. The summed E-state index contributed by atoms with van der Waals surface area (Å²) in [5, 5.41) is 2.78. The van der Waals surface area contributed by atoms with Crippen LogP contribution in [-0.4, -0.2) is 69.7 Å². The predicted octanol–water partition coefficient (Wildman–Crippen LogP) is 4.90. The van der Waals surface area contributed by atoms with Gasteiger partial charge in [-0.25, -0.2) is 9.78 Å². The number of piperazine rings is 1. The number of amides is 2. The molecule has 9 nitrogen and oxygen atoms in total. The lowest BCUT2D eigenvalue weighted by Gasteiger charge is -2.40. The van der Waals surface area contributed by atoms with Gasteiger partial charge in [0.15, 0.2) is 10.9 Å². The van der Waals surface area contributed by atoms with E-state index < -0.39 is 34.6 Å². The van der Waals surface area contributed by atoms with E-state index >= 15 is 4.39 Å². The maximum absolute atomic E-state index is 15.1. The number of aryl methyl sites for hydroxylation is 1. The van der Waals surface area contributed by atoms with Gasteiger partial charge in [0, 0.05) is 25.8 Å². The number of pyridine rings is 2. The molecule has 2 aromatic heterocycles. The Morgan fingerprint density at radius 3 is 2.72 bits per heavy atom. The number of fused-ring (bicyclic) bond motifs is 2. The van der Waals surface area contributed by atoms with Crippen LogP contribution >= 0.6 is 11.6 Å². The standard InChI is InChI=1S/C25H31ClFN5O4/c1-13(2)18-19(14(3)7-8-28-18)29-22-16-20(17(27)21(26)30-22)35-12-15-11-31(9-10-32(15)23(16)33)24(34)36-25(4,5)6/h7-8,13,15H,9-12H2,1-6H3,(H,29,30)/t15-/m1/s1. The lowest BCUT2D eigenvalue weighted by Crippen LogP contribution is -2.58. The van der Waals surface area contributed by atoms with Crippen LogP contribution in [0.3, 0.4) is 0 Å². The van der Waals surface area contributed by atoms with E-state index in [1.165, 1.54) is 4.90 Å². The molecular formula is C25H31ClFN5O4. The van der Waals surface area contributed by atoms with E-state index in [1.807, 2.05) is 26.8 Å². The van der Waals surface area contributed by atoms with E-state index in [4.69, 9.17) is 21.1 Å². The second kappa shape index (κ2) is 9.72. The largest absolute Gasteiger partial charge is 0.487 e. The minimum Gasteiger partial charge on any atom is -0.487 e. The zero-order valence-electron chi connectivity index (χ0n) is 21.3. The lowest BCUT2D eigenvalue weighted by atomic mass is 10.0. The van der Waals surface area contributed by atoms with Gasteiger partial charge >= 0.3 is 6.09 Å². The zero-order chi connectivity index (χ0) is 26.4. The smallest absolute Gasteiger partial charge is 0.410 e. The van der Waals surface area contributed by atoms with Gasteiger partial charge in [0.1, 0.15) is 23.6 Å². The SMILES string of the molecule is Cc1ccnc(C(C)C)c1Nc1nc(Cl)c(F)c2c1C(=O)N1CCN(C(=O)OC(C)(C)C)C[C@@H]1CO2. The molecule has 2 aromatic rings. The molecule has 194 valence electrons. The Balaban J connectivity index is 1.69. The summed E-state index contributed by atoms with van der Waals surface area (Å²) in [5.41, 5.74) is 1.65. The number of hydrogen-bond acceptors (Lipinski definition) is 7. The first kappa shape index (κ1) is 25.9. The van der Waals surface area contributed by atoms with E-state index in [2.05, 4.69) is 15.3 Å². The van der Waals surface area contributed by atoms with Gasteiger partial charge in [0.25, 0.3) is 5.91 Å². The molecule has 36 heavy (non-hydrogen) atoms. The van der Waals surface area contributed by atoms with Gasteiger partial charge in [0.2, 0.25) is 5.82 Å². The molecule has 4 heterocycles. The summed E-state index contributed by atoms with van der Waals surface area (Å²) in [6.07, 6.45) is 1.24. The summed E-state index contributed by atoms with van der Waals surface area (Å²) in [7, 11) is 0. The van der Waals surface area contributed by atoms with Crippen molar-refractivity contribution in [2.24, 2.45) is 0 Å². The molecule has 1 atom stereocenters. The zero-order valence-corrected chi connectivity index (χ0v) is 22.1. The third-order valence-electron chi connectivity index (χ3n) is 6.06. The summed E-state index contributed by atoms with van der Waals surface area (Å²) in [4.78, 5) is 38.1. The predicted molar refractivity (Wildman–Crippen MR) is 134 cm³/mol. The Morgan fingerprint density at radius 2 is 2.06 bits per heavy atom. The molecule has 2 aliphatic rings. The highest BCUT2D eigenvalue weighted by atomic mass is 35.5. The molecule has 0 radical (unpaired) electrons. The van der Waals surface area contributed by atoms with Crippen molar-refractivity contribution < 1.29 is 23.5 Å². The topological polar surface area (TPSA) is 96.9 Å². The van der Waals surface area contributed by atoms with Crippen LogP contribution in [0.4, 0.5) is 20.7 Å². The number of aromatic nitrogens is 2. The fourth-order valence-corrected chi connectivity index (χ4v) is 4.49. The first-order chi connectivity index (χ1) is 16.9. The van der Waals surface area contributed by atoms with Crippen molar-refractivity contribution in [1.82, 2.24) is 19.8 Å². The summed E-state index contributed by atoms with van der Waals surface area (Å²) in [6, 6.07) is 1.34. The van der Waals surface area contributed by atoms with Crippen LogP contribution < -0.4 is 10.1 Å². The third kappa shape index (κ3) is 5.04. The fourth-order valence-electron chi connectivity index (χ4n) is 4.32. The highest BCUT2D eigenvalue weighted by molar-refractivity contribution is 6.30. The first-order valence-electron chi connectivity index (χ1n) is 11.9. The monoisotopic (exact) mass is 519 g/mol. The van der Waals surface area contributed by atoms with E-state index in [0.717, 1.165) is 11.3 Å². The van der Waals surface area contributed by atoms with Gasteiger partial charge in [-0.3, -0.25) is 9.78 Å². The number of nitrogens with zero attached hydrogens (tertiary/aromatic N) is 4. The number of rotatable bonds is 3. The Kier molecular flexibility index (Phi) is 7.01. The Bertz CT molecular complexity index is 1200. The normalized spacial score (nSPS) is 17.8. The molecular weight excluding hydrogens is 489 g/mol. The maximum atomic E-state index is 15.1. The number of carbonyl (C=O) groups excluding carboxylic acids is 2. The van der Waals surface area contributed by atoms with Crippen molar-refractivity contribution in [3.8, 4) is 5.75 Å². The van der Waals surface area contributed by atoms with Crippen LogP contribution in [0.15, 0.2) is 12.3 Å². The number of halogens is 2.